The second-order valence-corrected chi connectivity index (χ2v) is 10.4. The van der Waals surface area contributed by atoms with Gasteiger partial charge in [-0.15, -0.1) is 16.4 Å². The molecule has 0 radical (unpaired) electrons. The Morgan fingerprint density at radius 2 is 2.06 bits per heavy atom. The van der Waals surface area contributed by atoms with Gasteiger partial charge in [-0.1, -0.05) is 36.0 Å². The summed E-state index contributed by atoms with van der Waals surface area (Å²) in [4.78, 5) is 5.93. The second-order valence-electron chi connectivity index (χ2n) is 7.26. The van der Waals surface area contributed by atoms with Crippen molar-refractivity contribution in [3.05, 3.63) is 41.7 Å². The Balaban J connectivity index is 1.61. The van der Waals surface area contributed by atoms with Crippen LogP contribution >= 0.6 is 22.9 Å². The van der Waals surface area contributed by atoms with Crippen molar-refractivity contribution in [2.24, 2.45) is 0 Å². The van der Waals surface area contributed by atoms with Crippen molar-refractivity contribution in [2.45, 2.75) is 54.8 Å². The molecule has 2 unspecified atom stereocenters. The Labute approximate surface area is 190 Å². The van der Waals surface area contributed by atoms with Gasteiger partial charge in [0, 0.05) is 19.0 Å². The van der Waals surface area contributed by atoms with Gasteiger partial charge < -0.3 is 5.32 Å². The number of rotatable bonds is 11. The quantitative estimate of drug-likeness (QED) is 0.253. The van der Waals surface area contributed by atoms with Gasteiger partial charge in [-0.05, 0) is 37.9 Å². The topological polar surface area (TPSA) is 86.4 Å². The lowest BCUT2D eigenvalue weighted by Gasteiger charge is -2.27. The maximum absolute atomic E-state index is 15.1. The highest BCUT2D eigenvalue weighted by Crippen LogP contribution is 2.25. The number of piperidine rings is 1. The first-order valence-corrected chi connectivity index (χ1v) is 12.8. The summed E-state index contributed by atoms with van der Waals surface area (Å²) in [6.07, 6.45) is 2.67. The fourth-order valence-corrected chi connectivity index (χ4v) is 5.24. The summed E-state index contributed by atoms with van der Waals surface area (Å²) in [6.45, 7) is 1.65. The van der Waals surface area contributed by atoms with Gasteiger partial charge in [0.25, 0.3) is 10.0 Å². The zero-order chi connectivity index (χ0) is 22.3. The van der Waals surface area contributed by atoms with Crippen LogP contribution in [0.1, 0.15) is 32.1 Å². The molecule has 7 nitrogen and oxygen atoms in total. The number of nitrogens with zero attached hydrogens (tertiary/aromatic N) is 2. The van der Waals surface area contributed by atoms with Crippen molar-refractivity contribution in [2.75, 3.05) is 18.1 Å². The number of hydrogen-bond acceptors (Lipinski definition) is 7. The molecule has 1 aromatic heterocycles. The van der Waals surface area contributed by atoms with Gasteiger partial charge >= 0.3 is 0 Å². The smallest absolute Gasteiger partial charge is 0.257 e. The van der Waals surface area contributed by atoms with E-state index in [1.165, 1.54) is 18.6 Å². The maximum Gasteiger partial charge on any atom is 0.257 e. The summed E-state index contributed by atoms with van der Waals surface area (Å²) in [5.41, 5.74) is -0.484. The number of hydrazine groups is 1. The Morgan fingerprint density at radius 3 is 2.71 bits per heavy atom. The fraction of sp³-hybridized carbons (Fsp3) is 0.526. The number of aromatic nitrogens is 1. The average molecular weight is 494 g/mol. The Hall–Kier alpha value is -1.37. The van der Waals surface area contributed by atoms with E-state index in [0.717, 1.165) is 30.6 Å². The van der Waals surface area contributed by atoms with Crippen LogP contribution in [0.25, 0.3) is 0 Å². The van der Waals surface area contributed by atoms with Gasteiger partial charge in [-0.2, -0.15) is 4.39 Å². The molecule has 0 spiro atoms. The molecular formula is C19H26ClF2N5O2S2. The lowest BCUT2D eigenvalue weighted by molar-refractivity contribution is 0.280. The van der Waals surface area contributed by atoms with E-state index in [1.807, 2.05) is 0 Å². The molecule has 3 rings (SSSR count). The van der Waals surface area contributed by atoms with Crippen molar-refractivity contribution in [3.63, 3.8) is 0 Å². The van der Waals surface area contributed by atoms with Crippen LogP contribution < -0.4 is 20.5 Å². The molecule has 31 heavy (non-hydrogen) atoms. The third kappa shape index (κ3) is 7.33. The number of alkyl halides is 2. The number of halogens is 3. The summed E-state index contributed by atoms with van der Waals surface area (Å²) in [5, 5.41) is 6.53. The van der Waals surface area contributed by atoms with E-state index in [0.29, 0.717) is 23.9 Å². The highest BCUT2D eigenvalue weighted by Gasteiger charge is 2.28. The van der Waals surface area contributed by atoms with E-state index in [4.69, 9.17) is 11.6 Å². The van der Waals surface area contributed by atoms with Crippen molar-refractivity contribution in [1.29, 1.82) is 0 Å². The normalized spacial score (nSPS) is 19.1. The van der Waals surface area contributed by atoms with Crippen LogP contribution in [-0.2, 0) is 10.0 Å². The minimum Gasteiger partial charge on any atom is -0.313 e. The second kappa shape index (κ2) is 11.5. The zero-order valence-electron chi connectivity index (χ0n) is 16.8. The van der Waals surface area contributed by atoms with Gasteiger partial charge in [-0.25, -0.2) is 22.8 Å². The number of nitrogens with one attached hydrogen (secondary N) is 3. The molecule has 1 aromatic carbocycles. The predicted molar refractivity (Wildman–Crippen MR) is 119 cm³/mol. The minimum absolute atomic E-state index is 0.0407. The van der Waals surface area contributed by atoms with Crippen LogP contribution in [0.2, 0.25) is 0 Å². The Morgan fingerprint density at radius 1 is 1.29 bits per heavy atom. The SMILES string of the molecule is O=S(=O)(NN(c1ncc(F)s1)C(F)CCC(Cl)NC[C@H]1CCCCN1)c1ccccc1. The number of thiazole rings is 1. The molecule has 1 aliphatic rings. The molecule has 0 amide bonds. The molecule has 0 aliphatic carbocycles. The third-order valence-corrected chi connectivity index (χ3v) is 7.37. The van der Waals surface area contributed by atoms with Crippen molar-refractivity contribution >= 4 is 38.1 Å². The predicted octanol–water partition coefficient (Wildman–Crippen LogP) is 3.35. The zero-order valence-corrected chi connectivity index (χ0v) is 19.2. The molecule has 1 aliphatic heterocycles. The lowest BCUT2D eigenvalue weighted by atomic mass is 10.1. The minimum atomic E-state index is -4.08. The van der Waals surface area contributed by atoms with E-state index in [9.17, 15) is 12.8 Å². The first-order valence-electron chi connectivity index (χ1n) is 10.1. The van der Waals surface area contributed by atoms with Crippen LogP contribution in [0, 0.1) is 5.13 Å². The van der Waals surface area contributed by atoms with Crippen molar-refractivity contribution in [3.8, 4) is 0 Å². The van der Waals surface area contributed by atoms with E-state index in [2.05, 4.69) is 20.4 Å². The van der Waals surface area contributed by atoms with Gasteiger partial charge in [0.15, 0.2) is 11.4 Å². The maximum atomic E-state index is 15.1. The average Bonchev–Trinajstić information content (AvgIpc) is 3.21. The Kier molecular flexibility index (Phi) is 8.99. The van der Waals surface area contributed by atoms with E-state index in [1.54, 1.807) is 18.2 Å². The van der Waals surface area contributed by atoms with Crippen LogP contribution in [0.4, 0.5) is 13.9 Å². The molecule has 0 bridgehead atoms. The molecular weight excluding hydrogens is 468 g/mol. The van der Waals surface area contributed by atoms with Crippen molar-refractivity contribution < 1.29 is 17.2 Å². The first-order chi connectivity index (χ1) is 14.8. The van der Waals surface area contributed by atoms with Crippen LogP contribution in [0.15, 0.2) is 41.4 Å². The molecule has 1 fully saturated rings. The fourth-order valence-electron chi connectivity index (χ4n) is 3.24. The summed E-state index contributed by atoms with van der Waals surface area (Å²) < 4.78 is 53.9. The van der Waals surface area contributed by atoms with E-state index < -0.39 is 27.0 Å². The molecule has 3 atom stereocenters. The third-order valence-electron chi connectivity index (χ3n) is 4.88. The summed E-state index contributed by atoms with van der Waals surface area (Å²) in [6, 6.07) is 7.88. The molecule has 2 heterocycles. The molecule has 1 saturated heterocycles. The standard InChI is InChI=1S/C19H26ClF2N5O2S2/c20-16(24-12-14-6-4-5-11-23-14)9-10-17(21)27(19-25-13-18(22)30-19)26-31(28,29)15-7-2-1-3-8-15/h1-3,7-8,13-14,16-17,23-24,26H,4-6,9-12H2/t14-,16?,17?/m1/s1. The number of benzene rings is 1. The molecule has 2 aromatic rings. The molecule has 172 valence electrons. The van der Waals surface area contributed by atoms with Gasteiger partial charge in [0.1, 0.15) is 0 Å². The lowest BCUT2D eigenvalue weighted by Crippen LogP contribution is -2.48. The highest BCUT2D eigenvalue weighted by atomic mass is 35.5. The van der Waals surface area contributed by atoms with Crippen molar-refractivity contribution in [1.82, 2.24) is 20.4 Å². The van der Waals surface area contributed by atoms with Crippen LogP contribution in [-0.4, -0.2) is 44.3 Å². The van der Waals surface area contributed by atoms with Gasteiger partial charge in [-0.3, -0.25) is 5.32 Å². The number of sulfonamides is 1. The molecule has 0 saturated carbocycles. The van der Waals surface area contributed by atoms with Gasteiger partial charge in [0.2, 0.25) is 5.13 Å². The number of hydrogen-bond donors (Lipinski definition) is 3. The summed E-state index contributed by atoms with van der Waals surface area (Å²) in [5.74, 6) is 0. The van der Waals surface area contributed by atoms with Gasteiger partial charge in [0.05, 0.1) is 16.6 Å². The molecule has 12 heteroatoms. The summed E-state index contributed by atoms with van der Waals surface area (Å²) in [7, 11) is -4.08. The van der Waals surface area contributed by atoms with E-state index in [-0.39, 0.29) is 22.9 Å². The number of anilines is 1. The van der Waals surface area contributed by atoms with Crippen LogP contribution in [0.3, 0.4) is 0 Å². The monoisotopic (exact) mass is 493 g/mol. The van der Waals surface area contributed by atoms with Crippen LogP contribution in [0.5, 0.6) is 0 Å². The van der Waals surface area contributed by atoms with E-state index >= 15 is 4.39 Å². The highest BCUT2D eigenvalue weighted by molar-refractivity contribution is 7.89. The summed E-state index contributed by atoms with van der Waals surface area (Å²) >= 11 is 6.84. The Bertz CT molecular complexity index is 913. The first kappa shape index (κ1) is 24.3. The largest absolute Gasteiger partial charge is 0.313 e. The molecule has 3 N–H and O–H groups in total.